The molecular weight excluding hydrogens is 550 g/mol. The minimum Gasteiger partial charge on any atom is -0.493 e. The Morgan fingerprint density at radius 2 is 1.17 bits per heavy atom. The van der Waals surface area contributed by atoms with E-state index >= 15 is 0 Å². The summed E-state index contributed by atoms with van der Waals surface area (Å²) in [5, 5.41) is 6.38. The van der Waals surface area contributed by atoms with E-state index in [2.05, 4.69) is 15.8 Å². The van der Waals surface area contributed by atoms with Crippen molar-refractivity contribution in [2.24, 2.45) is 5.10 Å². The van der Waals surface area contributed by atoms with Crippen LogP contribution in [0.15, 0.2) is 53.6 Å². The summed E-state index contributed by atoms with van der Waals surface area (Å²) >= 11 is 0. The summed E-state index contributed by atoms with van der Waals surface area (Å²) in [6, 6.07) is 12.3. The van der Waals surface area contributed by atoms with Gasteiger partial charge in [-0.25, -0.2) is 10.2 Å². The molecule has 3 rings (SSSR count). The van der Waals surface area contributed by atoms with Crippen LogP contribution >= 0.6 is 0 Å². The maximum Gasteiger partial charge on any atom is 0.343 e. The van der Waals surface area contributed by atoms with Gasteiger partial charge < -0.3 is 38.5 Å². The molecule has 222 valence electrons. The van der Waals surface area contributed by atoms with Crippen LogP contribution in [0, 0.1) is 0 Å². The predicted molar refractivity (Wildman–Crippen MR) is 152 cm³/mol. The molecule has 0 saturated carbocycles. The van der Waals surface area contributed by atoms with Gasteiger partial charge in [-0.2, -0.15) is 5.10 Å². The quantitative estimate of drug-likeness (QED) is 0.133. The van der Waals surface area contributed by atoms with E-state index in [1.807, 2.05) is 0 Å². The Kier molecular flexibility index (Phi) is 10.9. The number of rotatable bonds is 13. The fourth-order valence-electron chi connectivity index (χ4n) is 3.68. The second kappa shape index (κ2) is 14.8. The third kappa shape index (κ3) is 7.59. The number of methoxy groups -OCH3 is 6. The van der Waals surface area contributed by atoms with Gasteiger partial charge in [0.1, 0.15) is 5.75 Å². The van der Waals surface area contributed by atoms with E-state index in [4.69, 9.17) is 33.2 Å². The highest BCUT2D eigenvalue weighted by Gasteiger charge is 2.19. The van der Waals surface area contributed by atoms with Gasteiger partial charge in [-0.05, 0) is 54.1 Å². The van der Waals surface area contributed by atoms with E-state index in [1.54, 1.807) is 24.3 Å². The lowest BCUT2D eigenvalue weighted by molar-refractivity contribution is -0.120. The maximum absolute atomic E-state index is 12.7. The Hall–Kier alpha value is -5.46. The Balaban J connectivity index is 1.54. The van der Waals surface area contributed by atoms with Crippen LogP contribution in [0.25, 0.3) is 0 Å². The van der Waals surface area contributed by atoms with Crippen LogP contribution in [0.3, 0.4) is 0 Å². The van der Waals surface area contributed by atoms with Crippen LogP contribution < -0.4 is 43.9 Å². The van der Waals surface area contributed by atoms with E-state index in [9.17, 15) is 14.4 Å². The Morgan fingerprint density at radius 3 is 1.62 bits per heavy atom. The van der Waals surface area contributed by atoms with Crippen LogP contribution in [0.1, 0.15) is 26.3 Å². The zero-order valence-electron chi connectivity index (χ0n) is 23.9. The fraction of sp³-hybridized carbons (Fsp3) is 0.241. The predicted octanol–water partition coefficient (Wildman–Crippen LogP) is 2.84. The van der Waals surface area contributed by atoms with Gasteiger partial charge in [0.25, 0.3) is 11.8 Å². The van der Waals surface area contributed by atoms with Gasteiger partial charge in [0.05, 0.1) is 61.0 Å². The van der Waals surface area contributed by atoms with Crippen LogP contribution in [0.4, 0.5) is 0 Å². The molecule has 0 atom stereocenters. The number of ether oxygens (including phenoxy) is 7. The summed E-state index contributed by atoms with van der Waals surface area (Å²) in [6.45, 7) is -0.331. The molecule has 0 aliphatic rings. The molecule has 42 heavy (non-hydrogen) atoms. The second-order valence-electron chi connectivity index (χ2n) is 8.26. The van der Waals surface area contributed by atoms with Crippen molar-refractivity contribution in [3.63, 3.8) is 0 Å². The summed E-state index contributed by atoms with van der Waals surface area (Å²) in [6.07, 6.45) is 1.39. The van der Waals surface area contributed by atoms with Gasteiger partial charge in [0.2, 0.25) is 11.5 Å². The lowest BCUT2D eigenvalue weighted by Crippen LogP contribution is -2.34. The van der Waals surface area contributed by atoms with Crippen LogP contribution in [-0.4, -0.2) is 73.2 Å². The number of hydrazone groups is 1. The van der Waals surface area contributed by atoms with Gasteiger partial charge in [0, 0.05) is 5.56 Å². The lowest BCUT2D eigenvalue weighted by Gasteiger charge is -2.14. The number of esters is 1. The Morgan fingerprint density at radius 1 is 0.690 bits per heavy atom. The molecule has 0 saturated heterocycles. The minimum absolute atomic E-state index is 0.204. The number of benzene rings is 3. The fourth-order valence-corrected chi connectivity index (χ4v) is 3.68. The SMILES string of the molecule is COc1cc(C(=O)NCC(=O)NN=Cc2ccc(OC(=O)c3cc(OC)c(OC)c(OC)c3)cc2)cc(OC)c1OC. The van der Waals surface area contributed by atoms with Crippen molar-refractivity contribution >= 4 is 24.0 Å². The summed E-state index contributed by atoms with van der Waals surface area (Å²) in [7, 11) is 8.68. The van der Waals surface area contributed by atoms with Gasteiger partial charge in [0.15, 0.2) is 23.0 Å². The molecule has 0 radical (unpaired) electrons. The van der Waals surface area contributed by atoms with Crippen molar-refractivity contribution in [2.45, 2.75) is 0 Å². The summed E-state index contributed by atoms with van der Waals surface area (Å²) in [4.78, 5) is 37.4. The standard InChI is InChI=1S/C29H31N3O10/c1-36-21-11-18(12-22(37-2)26(21)40-5)28(34)30-16-25(33)32-31-15-17-7-9-20(10-8-17)42-29(35)19-13-23(38-3)27(41-6)24(14-19)39-4/h7-15H,16H2,1-6H3,(H,30,34)(H,32,33). The molecule has 3 aromatic rings. The number of nitrogens with one attached hydrogen (secondary N) is 2. The highest BCUT2D eigenvalue weighted by molar-refractivity contribution is 5.98. The zero-order valence-corrected chi connectivity index (χ0v) is 23.9. The van der Waals surface area contributed by atoms with Crippen LogP contribution in [-0.2, 0) is 4.79 Å². The van der Waals surface area contributed by atoms with E-state index in [1.165, 1.54) is 73.1 Å². The van der Waals surface area contributed by atoms with Crippen molar-refractivity contribution in [1.82, 2.24) is 10.7 Å². The molecule has 13 heteroatoms. The normalized spacial score (nSPS) is 10.4. The molecule has 3 aromatic carbocycles. The summed E-state index contributed by atoms with van der Waals surface area (Å²) < 4.78 is 37.0. The van der Waals surface area contributed by atoms with Crippen molar-refractivity contribution in [1.29, 1.82) is 0 Å². The largest absolute Gasteiger partial charge is 0.493 e. The molecule has 0 spiro atoms. The molecule has 0 fully saturated rings. The summed E-state index contributed by atoms with van der Waals surface area (Å²) in [5.41, 5.74) is 3.36. The van der Waals surface area contributed by atoms with E-state index < -0.39 is 17.8 Å². The molecule has 2 amide bonds. The third-order valence-corrected chi connectivity index (χ3v) is 5.73. The number of hydrogen-bond acceptors (Lipinski definition) is 11. The molecule has 0 aromatic heterocycles. The first-order chi connectivity index (χ1) is 20.3. The molecule has 0 aliphatic carbocycles. The van der Waals surface area contributed by atoms with E-state index in [0.29, 0.717) is 40.1 Å². The monoisotopic (exact) mass is 581 g/mol. The molecule has 13 nitrogen and oxygen atoms in total. The van der Waals surface area contributed by atoms with Gasteiger partial charge in [-0.3, -0.25) is 9.59 Å². The number of nitrogens with zero attached hydrogens (tertiary/aromatic N) is 1. The Bertz CT molecular complexity index is 1400. The van der Waals surface area contributed by atoms with Gasteiger partial charge in [-0.1, -0.05) is 0 Å². The molecule has 0 unspecified atom stereocenters. The van der Waals surface area contributed by atoms with Crippen LogP contribution in [0.2, 0.25) is 0 Å². The number of amides is 2. The van der Waals surface area contributed by atoms with Crippen LogP contribution in [0.5, 0.6) is 40.2 Å². The number of hydrogen-bond donors (Lipinski definition) is 2. The lowest BCUT2D eigenvalue weighted by atomic mass is 10.1. The minimum atomic E-state index is -0.628. The molecule has 2 N–H and O–H groups in total. The molecular formula is C29H31N3O10. The molecule has 0 heterocycles. The van der Waals surface area contributed by atoms with Crippen molar-refractivity contribution in [2.75, 3.05) is 49.2 Å². The number of carbonyl (C=O) groups is 3. The summed E-state index contributed by atoms with van der Waals surface area (Å²) in [5.74, 6) is 0.517. The first-order valence-corrected chi connectivity index (χ1v) is 12.3. The van der Waals surface area contributed by atoms with E-state index in [-0.39, 0.29) is 23.4 Å². The topological polar surface area (TPSA) is 152 Å². The van der Waals surface area contributed by atoms with Gasteiger partial charge >= 0.3 is 5.97 Å². The van der Waals surface area contributed by atoms with Gasteiger partial charge in [-0.15, -0.1) is 0 Å². The second-order valence-corrected chi connectivity index (χ2v) is 8.26. The average molecular weight is 582 g/mol. The number of carbonyl (C=O) groups excluding carboxylic acids is 3. The van der Waals surface area contributed by atoms with E-state index in [0.717, 1.165) is 0 Å². The smallest absolute Gasteiger partial charge is 0.343 e. The molecule has 0 aliphatic heterocycles. The highest BCUT2D eigenvalue weighted by atomic mass is 16.5. The average Bonchev–Trinajstić information content (AvgIpc) is 3.02. The molecule has 0 bridgehead atoms. The Labute approximate surface area is 242 Å². The zero-order chi connectivity index (χ0) is 30.6. The maximum atomic E-state index is 12.7. The van der Waals surface area contributed by atoms with Crippen molar-refractivity contribution in [3.05, 3.63) is 65.2 Å². The first-order valence-electron chi connectivity index (χ1n) is 12.3. The van der Waals surface area contributed by atoms with Crippen molar-refractivity contribution in [3.8, 4) is 40.2 Å². The highest BCUT2D eigenvalue weighted by Crippen LogP contribution is 2.39. The van der Waals surface area contributed by atoms with Crippen molar-refractivity contribution < 1.29 is 47.5 Å². The third-order valence-electron chi connectivity index (χ3n) is 5.73. The first kappa shape index (κ1) is 31.1.